The fraction of sp³-hybridized carbons (Fsp3) is 0.462. The van der Waals surface area contributed by atoms with Crippen molar-refractivity contribution in [3.63, 3.8) is 0 Å². The highest BCUT2D eigenvalue weighted by atomic mass is 32.2. The molecule has 1 aromatic carbocycles. The van der Waals surface area contributed by atoms with Crippen molar-refractivity contribution in [1.29, 1.82) is 0 Å². The van der Waals surface area contributed by atoms with Gasteiger partial charge in [-0.1, -0.05) is 0 Å². The second kappa shape index (κ2) is 7.87. The molecule has 1 aromatic rings. The van der Waals surface area contributed by atoms with E-state index in [2.05, 4.69) is 0 Å². The zero-order valence-corrected chi connectivity index (χ0v) is 11.7. The number of benzene rings is 1. The first-order chi connectivity index (χ1) is 8.71. The molecule has 0 saturated heterocycles. The minimum Gasteiger partial charge on any atom is -0.497 e. The van der Waals surface area contributed by atoms with E-state index in [1.807, 2.05) is 18.2 Å². The first-order valence-corrected chi connectivity index (χ1v) is 6.81. The number of thioether (sulfide) groups is 1. The van der Waals surface area contributed by atoms with Crippen LogP contribution in [0.5, 0.6) is 11.5 Å². The van der Waals surface area contributed by atoms with E-state index in [0.29, 0.717) is 18.1 Å². The summed E-state index contributed by atoms with van der Waals surface area (Å²) in [5, 5.41) is 0. The molecule has 0 amide bonds. The quantitative estimate of drug-likeness (QED) is 0.712. The number of ether oxygens (including phenoxy) is 3. The van der Waals surface area contributed by atoms with E-state index in [4.69, 9.17) is 14.2 Å². The Hall–Kier alpha value is -1.36. The van der Waals surface area contributed by atoms with E-state index in [-0.39, 0.29) is 5.97 Å². The lowest BCUT2D eigenvalue weighted by Gasteiger charge is -2.10. The van der Waals surface area contributed by atoms with Crippen molar-refractivity contribution in [2.24, 2.45) is 0 Å². The molecule has 0 saturated carbocycles. The third-order valence-electron chi connectivity index (χ3n) is 2.27. The SMILES string of the molecule is CCOC(=O)CSCc1cc(OC)ccc1OC. The van der Waals surface area contributed by atoms with Gasteiger partial charge in [0.15, 0.2) is 0 Å². The van der Waals surface area contributed by atoms with Crippen molar-refractivity contribution < 1.29 is 19.0 Å². The van der Waals surface area contributed by atoms with Crippen LogP contribution in [-0.4, -0.2) is 32.5 Å². The molecule has 0 aliphatic carbocycles. The molecule has 0 fully saturated rings. The van der Waals surface area contributed by atoms with Gasteiger partial charge < -0.3 is 14.2 Å². The molecule has 0 aromatic heterocycles. The molecule has 100 valence electrons. The molecule has 0 radical (unpaired) electrons. The van der Waals surface area contributed by atoms with Gasteiger partial charge in [-0.2, -0.15) is 0 Å². The molecule has 4 nitrogen and oxygen atoms in total. The van der Waals surface area contributed by atoms with Crippen molar-refractivity contribution in [3.8, 4) is 11.5 Å². The number of rotatable bonds is 7. The van der Waals surface area contributed by atoms with Gasteiger partial charge in [-0.25, -0.2) is 0 Å². The molecule has 0 atom stereocenters. The Morgan fingerprint density at radius 1 is 1.28 bits per heavy atom. The summed E-state index contributed by atoms with van der Waals surface area (Å²) < 4.78 is 15.3. The number of carbonyl (C=O) groups is 1. The van der Waals surface area contributed by atoms with Gasteiger partial charge in [0, 0.05) is 11.3 Å². The molecule has 5 heteroatoms. The van der Waals surface area contributed by atoms with Crippen molar-refractivity contribution in [2.45, 2.75) is 12.7 Å². The zero-order chi connectivity index (χ0) is 13.4. The van der Waals surface area contributed by atoms with Crippen LogP contribution in [0.15, 0.2) is 18.2 Å². The average molecular weight is 270 g/mol. The first kappa shape index (κ1) is 14.7. The average Bonchev–Trinajstić information content (AvgIpc) is 2.39. The Kier molecular flexibility index (Phi) is 6.43. The summed E-state index contributed by atoms with van der Waals surface area (Å²) in [6.45, 7) is 2.22. The molecule has 0 N–H and O–H groups in total. The van der Waals surface area contributed by atoms with E-state index in [1.165, 1.54) is 11.8 Å². The van der Waals surface area contributed by atoms with Crippen LogP contribution in [0.25, 0.3) is 0 Å². The summed E-state index contributed by atoms with van der Waals surface area (Å²) >= 11 is 1.49. The first-order valence-electron chi connectivity index (χ1n) is 5.65. The second-order valence-corrected chi connectivity index (χ2v) is 4.46. The largest absolute Gasteiger partial charge is 0.497 e. The summed E-state index contributed by atoms with van der Waals surface area (Å²) in [4.78, 5) is 11.2. The van der Waals surface area contributed by atoms with Crippen LogP contribution >= 0.6 is 11.8 Å². The maximum Gasteiger partial charge on any atom is 0.315 e. The summed E-state index contributed by atoms with van der Waals surface area (Å²) in [5.74, 6) is 2.41. The van der Waals surface area contributed by atoms with Crippen molar-refractivity contribution in [2.75, 3.05) is 26.6 Å². The number of esters is 1. The maximum atomic E-state index is 11.2. The van der Waals surface area contributed by atoms with Crippen LogP contribution in [0.2, 0.25) is 0 Å². The van der Waals surface area contributed by atoms with E-state index >= 15 is 0 Å². The molecular formula is C13H18O4S. The Morgan fingerprint density at radius 2 is 2.06 bits per heavy atom. The fourth-order valence-electron chi connectivity index (χ4n) is 1.44. The van der Waals surface area contributed by atoms with Gasteiger partial charge >= 0.3 is 5.97 Å². The number of hydrogen-bond acceptors (Lipinski definition) is 5. The third kappa shape index (κ3) is 4.49. The fourth-order valence-corrected chi connectivity index (χ4v) is 2.24. The molecule has 0 aliphatic rings. The van der Waals surface area contributed by atoms with E-state index in [0.717, 1.165) is 17.1 Å². The van der Waals surface area contributed by atoms with Gasteiger partial charge in [0.25, 0.3) is 0 Å². The van der Waals surface area contributed by atoms with Crippen LogP contribution in [0.1, 0.15) is 12.5 Å². The minimum absolute atomic E-state index is 0.190. The number of methoxy groups -OCH3 is 2. The Bertz CT molecular complexity index is 393. The van der Waals surface area contributed by atoms with Crippen LogP contribution in [0.4, 0.5) is 0 Å². The normalized spacial score (nSPS) is 9.94. The highest BCUT2D eigenvalue weighted by Gasteiger charge is 2.07. The van der Waals surface area contributed by atoms with Crippen molar-refractivity contribution >= 4 is 17.7 Å². The zero-order valence-electron chi connectivity index (χ0n) is 10.9. The smallest absolute Gasteiger partial charge is 0.315 e. The molecule has 0 spiro atoms. The van der Waals surface area contributed by atoms with Gasteiger partial charge in [-0.15, -0.1) is 11.8 Å². The number of carbonyl (C=O) groups excluding carboxylic acids is 1. The van der Waals surface area contributed by atoms with Gasteiger partial charge in [0.2, 0.25) is 0 Å². The van der Waals surface area contributed by atoms with Crippen LogP contribution in [0, 0.1) is 0 Å². The van der Waals surface area contributed by atoms with Gasteiger partial charge in [-0.3, -0.25) is 4.79 Å². The van der Waals surface area contributed by atoms with E-state index < -0.39 is 0 Å². The van der Waals surface area contributed by atoms with Crippen molar-refractivity contribution in [1.82, 2.24) is 0 Å². The summed E-state index contributed by atoms with van der Waals surface area (Å²) in [6.07, 6.45) is 0. The minimum atomic E-state index is -0.190. The lowest BCUT2D eigenvalue weighted by atomic mass is 10.2. The van der Waals surface area contributed by atoms with Crippen LogP contribution in [0.3, 0.4) is 0 Å². The summed E-state index contributed by atoms with van der Waals surface area (Å²) in [6, 6.07) is 5.62. The van der Waals surface area contributed by atoms with E-state index in [1.54, 1.807) is 21.1 Å². The van der Waals surface area contributed by atoms with Gasteiger partial charge in [-0.05, 0) is 25.1 Å². The summed E-state index contributed by atoms with van der Waals surface area (Å²) in [7, 11) is 3.25. The topological polar surface area (TPSA) is 44.8 Å². The van der Waals surface area contributed by atoms with Crippen molar-refractivity contribution in [3.05, 3.63) is 23.8 Å². The Balaban J connectivity index is 2.57. The monoisotopic (exact) mass is 270 g/mol. The predicted octanol–water partition coefficient (Wildman–Crippen LogP) is 2.50. The molecule has 18 heavy (non-hydrogen) atoms. The maximum absolute atomic E-state index is 11.2. The molecule has 0 unspecified atom stereocenters. The molecule has 0 heterocycles. The molecular weight excluding hydrogens is 252 g/mol. The lowest BCUT2D eigenvalue weighted by Crippen LogP contribution is -2.06. The highest BCUT2D eigenvalue weighted by Crippen LogP contribution is 2.27. The van der Waals surface area contributed by atoms with Gasteiger partial charge in [0.1, 0.15) is 11.5 Å². The van der Waals surface area contributed by atoms with Crippen LogP contribution in [-0.2, 0) is 15.3 Å². The molecule has 1 rings (SSSR count). The molecule has 0 aliphatic heterocycles. The summed E-state index contributed by atoms with van der Waals surface area (Å²) in [5.41, 5.74) is 1.01. The lowest BCUT2D eigenvalue weighted by molar-refractivity contribution is -0.139. The molecule has 0 bridgehead atoms. The Labute approximate surface area is 112 Å². The second-order valence-electron chi connectivity index (χ2n) is 3.48. The predicted molar refractivity (Wildman–Crippen MR) is 72.3 cm³/mol. The standard InChI is InChI=1S/C13H18O4S/c1-4-17-13(14)9-18-8-10-7-11(15-2)5-6-12(10)16-3/h5-7H,4,8-9H2,1-3H3. The van der Waals surface area contributed by atoms with Gasteiger partial charge in [0.05, 0.1) is 26.6 Å². The third-order valence-corrected chi connectivity index (χ3v) is 3.23. The van der Waals surface area contributed by atoms with E-state index in [9.17, 15) is 4.79 Å². The van der Waals surface area contributed by atoms with Crippen LogP contribution < -0.4 is 9.47 Å². The number of hydrogen-bond donors (Lipinski definition) is 0. The Morgan fingerprint density at radius 3 is 2.67 bits per heavy atom. The highest BCUT2D eigenvalue weighted by molar-refractivity contribution is 7.99.